The Morgan fingerprint density at radius 1 is 1.11 bits per heavy atom. The molecule has 0 unspecified atom stereocenters. The Bertz CT molecular complexity index is 947. The SMILES string of the molecule is CCN1CCc2[nH]nc(-c3ccc(OC)c(OCc4ccc(C)cc4)c3)c2C1. The maximum absolute atomic E-state index is 6.11. The van der Waals surface area contributed by atoms with Crippen molar-refractivity contribution in [2.75, 3.05) is 20.2 Å². The smallest absolute Gasteiger partial charge is 0.162 e. The van der Waals surface area contributed by atoms with Crippen LogP contribution in [0.25, 0.3) is 11.3 Å². The summed E-state index contributed by atoms with van der Waals surface area (Å²) < 4.78 is 11.6. The number of nitrogens with one attached hydrogen (secondary N) is 1. The number of likely N-dealkylation sites (N-methyl/N-ethyl adjacent to an activating group) is 1. The number of hydrogen-bond donors (Lipinski definition) is 1. The average Bonchev–Trinajstić information content (AvgIpc) is 3.16. The highest BCUT2D eigenvalue weighted by Gasteiger charge is 2.22. The predicted molar refractivity (Wildman–Crippen MR) is 111 cm³/mol. The summed E-state index contributed by atoms with van der Waals surface area (Å²) in [5.74, 6) is 1.47. The minimum Gasteiger partial charge on any atom is -0.493 e. The Balaban J connectivity index is 1.60. The number of fused-ring (bicyclic) bond motifs is 1. The Hall–Kier alpha value is -2.79. The standard InChI is InChI=1S/C23H27N3O2/c1-4-26-12-11-20-19(14-26)23(25-24-20)18-9-10-21(27-3)22(13-18)28-15-17-7-5-16(2)6-8-17/h5-10,13H,4,11-12,14-15H2,1-3H3,(H,24,25). The third kappa shape index (κ3) is 3.76. The third-order valence-corrected chi connectivity index (χ3v) is 5.41. The highest BCUT2D eigenvalue weighted by Crippen LogP contribution is 2.35. The van der Waals surface area contributed by atoms with E-state index in [0.29, 0.717) is 6.61 Å². The van der Waals surface area contributed by atoms with Crippen LogP contribution in [0.5, 0.6) is 11.5 Å². The number of H-pyrrole nitrogens is 1. The van der Waals surface area contributed by atoms with Crippen LogP contribution >= 0.6 is 0 Å². The van der Waals surface area contributed by atoms with Gasteiger partial charge in [-0.3, -0.25) is 10.00 Å². The Kier molecular flexibility index (Phi) is 5.35. The zero-order valence-corrected chi connectivity index (χ0v) is 16.8. The molecule has 0 radical (unpaired) electrons. The molecule has 146 valence electrons. The van der Waals surface area contributed by atoms with Crippen molar-refractivity contribution in [3.05, 3.63) is 64.8 Å². The number of rotatable bonds is 6. The van der Waals surface area contributed by atoms with Gasteiger partial charge in [-0.25, -0.2) is 0 Å². The lowest BCUT2D eigenvalue weighted by molar-refractivity contribution is 0.267. The van der Waals surface area contributed by atoms with Crippen LogP contribution in [0.15, 0.2) is 42.5 Å². The van der Waals surface area contributed by atoms with Crippen molar-refractivity contribution in [3.8, 4) is 22.8 Å². The van der Waals surface area contributed by atoms with Crippen molar-refractivity contribution in [2.45, 2.75) is 33.4 Å². The Labute approximate surface area is 166 Å². The molecule has 0 amide bonds. The zero-order chi connectivity index (χ0) is 19.5. The van der Waals surface area contributed by atoms with Crippen LogP contribution in [0, 0.1) is 6.92 Å². The lowest BCUT2D eigenvalue weighted by Gasteiger charge is -2.25. The summed E-state index contributed by atoms with van der Waals surface area (Å²) in [6, 6.07) is 14.4. The zero-order valence-electron chi connectivity index (χ0n) is 16.8. The molecule has 3 aromatic rings. The van der Waals surface area contributed by atoms with Gasteiger partial charge in [0, 0.05) is 36.3 Å². The average molecular weight is 377 g/mol. The minimum atomic E-state index is 0.502. The van der Waals surface area contributed by atoms with E-state index in [2.05, 4.69) is 59.3 Å². The van der Waals surface area contributed by atoms with Gasteiger partial charge < -0.3 is 9.47 Å². The van der Waals surface area contributed by atoms with E-state index in [1.54, 1.807) is 7.11 Å². The first-order valence-corrected chi connectivity index (χ1v) is 9.83. The molecule has 1 aliphatic rings. The van der Waals surface area contributed by atoms with E-state index >= 15 is 0 Å². The molecule has 0 saturated carbocycles. The number of aromatic amines is 1. The van der Waals surface area contributed by atoms with Gasteiger partial charge >= 0.3 is 0 Å². The topological polar surface area (TPSA) is 50.4 Å². The molecule has 28 heavy (non-hydrogen) atoms. The summed E-state index contributed by atoms with van der Waals surface area (Å²) in [4.78, 5) is 2.44. The fourth-order valence-electron chi connectivity index (χ4n) is 3.64. The molecule has 1 aliphatic heterocycles. The summed E-state index contributed by atoms with van der Waals surface area (Å²) in [6.07, 6.45) is 1.02. The number of ether oxygens (including phenoxy) is 2. The van der Waals surface area contributed by atoms with E-state index in [1.165, 1.54) is 16.8 Å². The van der Waals surface area contributed by atoms with Gasteiger partial charge in [0.05, 0.1) is 12.8 Å². The molecule has 1 aromatic heterocycles. The van der Waals surface area contributed by atoms with Gasteiger partial charge in [0.15, 0.2) is 11.5 Å². The van der Waals surface area contributed by atoms with E-state index in [-0.39, 0.29) is 0 Å². The molecule has 0 spiro atoms. The first-order chi connectivity index (χ1) is 13.7. The molecule has 5 nitrogen and oxygen atoms in total. The Morgan fingerprint density at radius 3 is 2.68 bits per heavy atom. The normalized spacial score (nSPS) is 14.0. The number of benzene rings is 2. The quantitative estimate of drug-likeness (QED) is 0.694. The summed E-state index contributed by atoms with van der Waals surface area (Å²) in [5, 5.41) is 7.85. The van der Waals surface area contributed by atoms with Gasteiger partial charge in [0.1, 0.15) is 6.61 Å². The molecule has 1 N–H and O–H groups in total. The summed E-state index contributed by atoms with van der Waals surface area (Å²) in [7, 11) is 1.67. The van der Waals surface area contributed by atoms with Crippen molar-refractivity contribution < 1.29 is 9.47 Å². The summed E-state index contributed by atoms with van der Waals surface area (Å²) in [6.45, 7) is 7.86. The van der Waals surface area contributed by atoms with Gasteiger partial charge in [-0.1, -0.05) is 36.8 Å². The van der Waals surface area contributed by atoms with Crippen molar-refractivity contribution in [1.82, 2.24) is 15.1 Å². The lowest BCUT2D eigenvalue weighted by atomic mass is 10.0. The third-order valence-electron chi connectivity index (χ3n) is 5.41. The number of methoxy groups -OCH3 is 1. The van der Waals surface area contributed by atoms with Crippen molar-refractivity contribution in [3.63, 3.8) is 0 Å². The molecule has 0 saturated heterocycles. The highest BCUT2D eigenvalue weighted by atomic mass is 16.5. The number of aryl methyl sites for hydroxylation is 1. The van der Waals surface area contributed by atoms with Gasteiger partial charge in [0.2, 0.25) is 0 Å². The van der Waals surface area contributed by atoms with E-state index in [4.69, 9.17) is 9.47 Å². The van der Waals surface area contributed by atoms with Crippen LogP contribution < -0.4 is 9.47 Å². The first-order valence-electron chi connectivity index (χ1n) is 9.83. The minimum absolute atomic E-state index is 0.502. The molecule has 5 heteroatoms. The predicted octanol–water partition coefficient (Wildman–Crippen LogP) is 4.35. The number of nitrogens with zero attached hydrogens (tertiary/aromatic N) is 2. The molecule has 0 bridgehead atoms. The van der Waals surface area contributed by atoms with Crippen LogP contribution in [0.3, 0.4) is 0 Å². The van der Waals surface area contributed by atoms with E-state index in [9.17, 15) is 0 Å². The second-order valence-electron chi connectivity index (χ2n) is 7.29. The number of aromatic nitrogens is 2. The van der Waals surface area contributed by atoms with Crippen LogP contribution in [-0.4, -0.2) is 35.3 Å². The maximum atomic E-state index is 6.11. The second-order valence-corrected chi connectivity index (χ2v) is 7.29. The van der Waals surface area contributed by atoms with Gasteiger partial charge in [0.25, 0.3) is 0 Å². The van der Waals surface area contributed by atoms with Gasteiger partial charge in [-0.15, -0.1) is 0 Å². The fraction of sp³-hybridized carbons (Fsp3) is 0.348. The van der Waals surface area contributed by atoms with Crippen LogP contribution in [-0.2, 0) is 19.6 Å². The fourth-order valence-corrected chi connectivity index (χ4v) is 3.64. The first kappa shape index (κ1) is 18.6. The number of hydrogen-bond acceptors (Lipinski definition) is 4. The van der Waals surface area contributed by atoms with E-state index in [0.717, 1.165) is 54.4 Å². The molecule has 0 fully saturated rings. The molecular formula is C23H27N3O2. The van der Waals surface area contributed by atoms with E-state index < -0.39 is 0 Å². The van der Waals surface area contributed by atoms with Gasteiger partial charge in [-0.2, -0.15) is 5.10 Å². The van der Waals surface area contributed by atoms with Crippen LogP contribution in [0.1, 0.15) is 29.3 Å². The summed E-state index contributed by atoms with van der Waals surface area (Å²) in [5.41, 5.74) is 6.98. The second kappa shape index (κ2) is 8.07. The van der Waals surface area contributed by atoms with Crippen molar-refractivity contribution in [1.29, 1.82) is 0 Å². The monoisotopic (exact) mass is 377 g/mol. The molecule has 2 aromatic carbocycles. The molecule has 4 rings (SSSR count). The van der Waals surface area contributed by atoms with Gasteiger partial charge in [-0.05, 0) is 37.2 Å². The highest BCUT2D eigenvalue weighted by molar-refractivity contribution is 5.68. The largest absolute Gasteiger partial charge is 0.493 e. The molecular weight excluding hydrogens is 350 g/mol. The molecule has 0 aliphatic carbocycles. The van der Waals surface area contributed by atoms with Crippen LogP contribution in [0.2, 0.25) is 0 Å². The Morgan fingerprint density at radius 2 is 1.93 bits per heavy atom. The lowest BCUT2D eigenvalue weighted by Crippen LogP contribution is -2.30. The van der Waals surface area contributed by atoms with Crippen molar-refractivity contribution in [2.24, 2.45) is 0 Å². The molecule has 0 atom stereocenters. The molecule has 2 heterocycles. The maximum Gasteiger partial charge on any atom is 0.162 e. The van der Waals surface area contributed by atoms with E-state index in [1.807, 2.05) is 12.1 Å². The van der Waals surface area contributed by atoms with Crippen molar-refractivity contribution >= 4 is 0 Å². The summed E-state index contributed by atoms with van der Waals surface area (Å²) >= 11 is 0. The van der Waals surface area contributed by atoms with Crippen LogP contribution in [0.4, 0.5) is 0 Å².